The molecule has 0 N–H and O–H groups in total. The predicted octanol–water partition coefficient (Wildman–Crippen LogP) is 9.40. The topological polar surface area (TPSA) is 48.5 Å². The van der Waals surface area contributed by atoms with Crippen molar-refractivity contribution in [3.8, 4) is 34.2 Å². The third-order valence-corrected chi connectivity index (χ3v) is 6.74. The van der Waals surface area contributed by atoms with Crippen LogP contribution in [0.5, 0.6) is 0 Å². The van der Waals surface area contributed by atoms with Crippen molar-refractivity contribution in [2.75, 3.05) is 0 Å². The van der Waals surface area contributed by atoms with Crippen molar-refractivity contribution < 1.29 is 34.3 Å². The van der Waals surface area contributed by atoms with Gasteiger partial charge in [0.2, 0.25) is 5.95 Å². The quantitative estimate of drug-likeness (QED) is 0.206. The molecule has 9 aromatic rings. The van der Waals surface area contributed by atoms with E-state index < -0.39 is 229 Å². The molecule has 9 rings (SSSR count). The lowest BCUT2D eigenvalue weighted by atomic mass is 10.1. The number of hydrogen-bond donors (Lipinski definition) is 0. The van der Waals surface area contributed by atoms with Crippen LogP contribution in [-0.2, 0) is 0 Å². The van der Waals surface area contributed by atoms with Gasteiger partial charge in [-0.25, -0.2) is 15.0 Å². The van der Waals surface area contributed by atoms with Crippen LogP contribution in [0, 0.1) is 0 Å². The number of para-hydroxylation sites is 4. The Morgan fingerprint density at radius 2 is 1.02 bits per heavy atom. The molecule has 44 heavy (non-hydrogen) atoms. The molecular weight excluding hydrogens is 538 g/mol. The maximum absolute atomic E-state index is 9.71. The molecule has 0 bridgehead atoms. The summed E-state index contributed by atoms with van der Waals surface area (Å²) in [4.78, 5) is 13.1. The number of nitrogens with zero attached hydrogens (tertiary/aromatic N) is 5. The molecular formula is C39H25N5. The number of pyridine rings is 1. The van der Waals surface area contributed by atoms with E-state index in [0.29, 0.717) is 0 Å². The van der Waals surface area contributed by atoms with E-state index in [4.69, 9.17) is 30.2 Å². The smallest absolute Gasteiger partial charge is 0.235 e. The Kier molecular flexibility index (Phi) is 2.28. The maximum atomic E-state index is 9.71. The van der Waals surface area contributed by atoms with Gasteiger partial charge in [-0.15, -0.1) is 0 Å². The van der Waals surface area contributed by atoms with Crippen LogP contribution in [0.2, 0.25) is 0 Å². The molecule has 0 spiro atoms. The van der Waals surface area contributed by atoms with Gasteiger partial charge in [0.15, 0.2) is 0 Å². The summed E-state index contributed by atoms with van der Waals surface area (Å²) in [6.07, 6.45) is -0.872. The average Bonchev–Trinajstić information content (AvgIpc) is 3.86. The van der Waals surface area contributed by atoms with E-state index in [-0.39, 0.29) is 0 Å². The number of benzene rings is 5. The van der Waals surface area contributed by atoms with Crippen molar-refractivity contribution in [2.45, 2.75) is 0 Å². The summed E-state index contributed by atoms with van der Waals surface area (Å²) in [5, 5.41) is -1.89. The summed E-state index contributed by atoms with van der Waals surface area (Å²) in [6.45, 7) is 0. The van der Waals surface area contributed by atoms with Gasteiger partial charge in [-0.1, -0.05) is 103 Å². The highest BCUT2D eigenvalue weighted by atomic mass is 15.2. The molecule has 0 aliphatic rings. The van der Waals surface area contributed by atoms with Gasteiger partial charge >= 0.3 is 0 Å². The highest BCUT2D eigenvalue weighted by Crippen LogP contribution is 2.37. The first kappa shape index (κ1) is 10.3. The van der Waals surface area contributed by atoms with Crippen LogP contribution in [-0.4, -0.2) is 24.1 Å². The molecule has 5 aromatic carbocycles. The third kappa shape index (κ3) is 3.69. The lowest BCUT2D eigenvalue weighted by Crippen LogP contribution is -2.05. The van der Waals surface area contributed by atoms with Crippen molar-refractivity contribution in [1.29, 1.82) is 0 Å². The lowest BCUT2D eigenvalue weighted by molar-refractivity contribution is 0.994. The normalized spacial score (nSPS) is 19.6. The zero-order valence-corrected chi connectivity index (χ0v) is 21.7. The fraction of sp³-hybridized carbons (Fsp3) is 0. The molecule has 0 aliphatic carbocycles. The third-order valence-electron chi connectivity index (χ3n) is 6.74. The Balaban J connectivity index is 1.60. The Hall–Kier alpha value is -6.07. The molecule has 0 atom stereocenters. The zero-order valence-electron chi connectivity index (χ0n) is 46.7. The van der Waals surface area contributed by atoms with E-state index >= 15 is 0 Å². The minimum atomic E-state index is -1.05. The second-order valence-corrected chi connectivity index (χ2v) is 9.08. The monoisotopic (exact) mass is 588 g/mol. The Bertz CT molecular complexity index is 3810. The molecule has 5 heteroatoms. The zero-order chi connectivity index (χ0) is 50.8. The standard InChI is InChI=1S/C39H25N5/c1-2-13-26(14-3-1)32-25-33(42-39(41-32)44-35-21-9-4-15-27(35)28-16-5-10-22-36(28)44)31-18-7-11-23-37(31)43-34-20-8-6-17-29(34)30-19-12-24-40-38(30)43/h1-25H/i1D,2D,3D,4D,5D,6D,7D,8D,9D,10D,11D,12D,13D,14D,15D,16D,17D,18D,19D,20D,21D,22D,23D,24D,25D. The average molecular weight is 589 g/mol. The SMILES string of the molecule is [2H]c1nc2c(c([2H])c1[2H])c1c([2H])c([2H])c([2H])c([2H])c1n2-c1c([2H])c([2H])c([2H])c([2H])c1-c1nc(-n2c3c([2H])c([2H])c([2H])c([2H])c3c3c([2H])c([2H])c([2H])c([2H])c32)nc(-c2c([2H])c([2H])c([2H])c([2H])c2[2H])c1[2H]. The molecule has 206 valence electrons. The summed E-state index contributed by atoms with van der Waals surface area (Å²) in [5.74, 6) is -0.903. The molecule has 0 radical (unpaired) electrons. The Morgan fingerprint density at radius 3 is 1.75 bits per heavy atom. The predicted molar refractivity (Wildman–Crippen MR) is 179 cm³/mol. The van der Waals surface area contributed by atoms with Crippen LogP contribution in [0.25, 0.3) is 77.9 Å². The number of fused-ring (bicyclic) bond motifs is 6. The van der Waals surface area contributed by atoms with E-state index in [0.717, 1.165) is 9.13 Å². The van der Waals surface area contributed by atoms with E-state index in [1.165, 1.54) is 0 Å². The van der Waals surface area contributed by atoms with Gasteiger partial charge < -0.3 is 0 Å². The molecule has 4 aromatic heterocycles. The molecule has 5 nitrogen and oxygen atoms in total. The van der Waals surface area contributed by atoms with Gasteiger partial charge in [0.05, 0.1) is 67.9 Å². The van der Waals surface area contributed by atoms with E-state index in [2.05, 4.69) is 15.0 Å². The Morgan fingerprint density at radius 1 is 0.477 bits per heavy atom. The second-order valence-electron chi connectivity index (χ2n) is 9.08. The van der Waals surface area contributed by atoms with Gasteiger partial charge in [0.1, 0.15) is 5.65 Å². The van der Waals surface area contributed by atoms with Crippen molar-refractivity contribution >= 4 is 43.7 Å². The number of aromatic nitrogens is 5. The minimum Gasteiger partial charge on any atom is -0.293 e. The highest BCUT2D eigenvalue weighted by molar-refractivity contribution is 6.09. The molecule has 0 saturated carbocycles. The number of hydrogen-bond acceptors (Lipinski definition) is 3. The van der Waals surface area contributed by atoms with E-state index in [1.807, 2.05) is 0 Å². The van der Waals surface area contributed by atoms with Gasteiger partial charge in [0, 0.05) is 38.8 Å². The Labute approximate surface area is 288 Å². The lowest BCUT2D eigenvalue weighted by Gasteiger charge is -2.15. The van der Waals surface area contributed by atoms with Crippen LogP contribution in [0.4, 0.5) is 0 Å². The van der Waals surface area contributed by atoms with Crippen LogP contribution in [0.15, 0.2) is 151 Å². The van der Waals surface area contributed by atoms with Crippen LogP contribution in [0.3, 0.4) is 0 Å². The molecule has 0 aliphatic heterocycles. The van der Waals surface area contributed by atoms with Crippen LogP contribution >= 0.6 is 0 Å². The van der Waals surface area contributed by atoms with Gasteiger partial charge in [-0.3, -0.25) is 9.13 Å². The van der Waals surface area contributed by atoms with E-state index in [9.17, 15) is 4.11 Å². The summed E-state index contributed by atoms with van der Waals surface area (Å²) in [7, 11) is 0. The first-order valence-corrected chi connectivity index (χ1v) is 12.7. The summed E-state index contributed by atoms with van der Waals surface area (Å²) >= 11 is 0. The largest absolute Gasteiger partial charge is 0.293 e. The first-order chi connectivity index (χ1) is 32.2. The maximum Gasteiger partial charge on any atom is 0.235 e. The highest BCUT2D eigenvalue weighted by Gasteiger charge is 2.20. The fourth-order valence-corrected chi connectivity index (χ4v) is 4.96. The van der Waals surface area contributed by atoms with Gasteiger partial charge in [-0.2, -0.15) is 0 Å². The van der Waals surface area contributed by atoms with Gasteiger partial charge in [-0.05, 0) is 42.3 Å². The van der Waals surface area contributed by atoms with Crippen molar-refractivity contribution in [3.05, 3.63) is 151 Å². The fourth-order valence-electron chi connectivity index (χ4n) is 4.96. The first-order valence-electron chi connectivity index (χ1n) is 25.2. The second kappa shape index (κ2) is 9.75. The van der Waals surface area contributed by atoms with Gasteiger partial charge in [0.25, 0.3) is 0 Å². The summed E-state index contributed by atoms with van der Waals surface area (Å²) in [5.41, 5.74) is -6.65. The van der Waals surface area contributed by atoms with Crippen LogP contribution in [0.1, 0.15) is 34.3 Å². The van der Waals surface area contributed by atoms with Crippen molar-refractivity contribution in [3.63, 3.8) is 0 Å². The summed E-state index contributed by atoms with van der Waals surface area (Å²) < 4.78 is 222. The molecule has 0 amide bonds. The van der Waals surface area contributed by atoms with E-state index in [1.54, 1.807) is 0 Å². The molecule has 0 saturated heterocycles. The van der Waals surface area contributed by atoms with Crippen molar-refractivity contribution in [1.82, 2.24) is 24.1 Å². The molecule has 0 unspecified atom stereocenters. The molecule has 0 fully saturated rings. The minimum absolute atomic E-state index is 0.459. The van der Waals surface area contributed by atoms with Crippen LogP contribution < -0.4 is 0 Å². The number of rotatable bonds is 4. The molecule has 4 heterocycles. The summed E-state index contributed by atoms with van der Waals surface area (Å²) in [6, 6.07) is -21.4. The van der Waals surface area contributed by atoms with Crippen molar-refractivity contribution in [2.24, 2.45) is 0 Å².